The van der Waals surface area contributed by atoms with Gasteiger partial charge in [-0.1, -0.05) is 13.8 Å². The van der Waals surface area contributed by atoms with Crippen molar-refractivity contribution in [1.29, 1.82) is 0 Å². The highest BCUT2D eigenvalue weighted by Crippen LogP contribution is 2.29. The molecule has 2 aromatic rings. The zero-order valence-corrected chi connectivity index (χ0v) is 13.6. The van der Waals surface area contributed by atoms with Crippen LogP contribution in [0.5, 0.6) is 0 Å². The molecule has 0 spiro atoms. The van der Waals surface area contributed by atoms with Gasteiger partial charge in [0.05, 0.1) is 11.8 Å². The van der Waals surface area contributed by atoms with Gasteiger partial charge in [-0.2, -0.15) is 13.2 Å². The average molecular weight is 354 g/mol. The summed E-state index contributed by atoms with van der Waals surface area (Å²) in [4.78, 5) is 24.4. The van der Waals surface area contributed by atoms with Crippen LogP contribution < -0.4 is 10.6 Å². The molecule has 2 rings (SSSR count). The number of carbonyl (C=O) groups is 2. The van der Waals surface area contributed by atoms with Crippen LogP contribution in [0.4, 0.5) is 18.9 Å². The SMILES string of the molecule is CC(C)C(NC(=O)c1ccco1)C(=O)Nc1ccc(C(F)(F)F)cc1. The van der Waals surface area contributed by atoms with Crippen LogP contribution >= 0.6 is 0 Å². The zero-order valence-electron chi connectivity index (χ0n) is 13.6. The maximum atomic E-state index is 12.6. The van der Waals surface area contributed by atoms with Crippen molar-refractivity contribution in [1.82, 2.24) is 5.32 Å². The van der Waals surface area contributed by atoms with Gasteiger partial charge in [-0.3, -0.25) is 9.59 Å². The van der Waals surface area contributed by atoms with Crippen LogP contribution in [-0.2, 0) is 11.0 Å². The predicted octanol–water partition coefficient (Wildman–Crippen LogP) is 3.69. The molecule has 1 aromatic carbocycles. The Balaban J connectivity index is 2.06. The minimum atomic E-state index is -4.44. The molecule has 2 N–H and O–H groups in total. The number of hydrogen-bond donors (Lipinski definition) is 2. The van der Waals surface area contributed by atoms with Gasteiger partial charge in [0, 0.05) is 5.69 Å². The number of furan rings is 1. The molecule has 0 aliphatic heterocycles. The summed E-state index contributed by atoms with van der Waals surface area (Å²) in [6.45, 7) is 3.47. The highest BCUT2D eigenvalue weighted by Gasteiger charge is 2.30. The van der Waals surface area contributed by atoms with E-state index in [1.807, 2.05) is 0 Å². The fraction of sp³-hybridized carbons (Fsp3) is 0.294. The molecule has 1 aromatic heterocycles. The second-order valence-corrected chi connectivity index (χ2v) is 5.74. The molecular formula is C17H17F3N2O3. The molecule has 25 heavy (non-hydrogen) atoms. The lowest BCUT2D eigenvalue weighted by molar-refractivity contribution is -0.137. The van der Waals surface area contributed by atoms with E-state index in [-0.39, 0.29) is 17.4 Å². The number of hydrogen-bond acceptors (Lipinski definition) is 3. The lowest BCUT2D eigenvalue weighted by Crippen LogP contribution is -2.47. The van der Waals surface area contributed by atoms with E-state index < -0.39 is 29.6 Å². The normalized spacial score (nSPS) is 12.7. The van der Waals surface area contributed by atoms with E-state index in [0.29, 0.717) is 0 Å². The van der Waals surface area contributed by atoms with Crippen molar-refractivity contribution in [3.63, 3.8) is 0 Å². The molecule has 134 valence electrons. The Kier molecular flexibility index (Phi) is 5.51. The first-order chi connectivity index (χ1) is 11.7. The van der Waals surface area contributed by atoms with Gasteiger partial charge in [-0.05, 0) is 42.3 Å². The molecule has 0 saturated heterocycles. The average Bonchev–Trinajstić information content (AvgIpc) is 3.06. The summed E-state index contributed by atoms with van der Waals surface area (Å²) in [7, 11) is 0. The Morgan fingerprint density at radius 3 is 2.20 bits per heavy atom. The first-order valence-corrected chi connectivity index (χ1v) is 7.51. The zero-order chi connectivity index (χ0) is 18.6. The van der Waals surface area contributed by atoms with Gasteiger partial charge < -0.3 is 15.1 Å². The predicted molar refractivity (Wildman–Crippen MR) is 84.9 cm³/mol. The smallest absolute Gasteiger partial charge is 0.416 e. The van der Waals surface area contributed by atoms with Gasteiger partial charge in [0.1, 0.15) is 6.04 Å². The summed E-state index contributed by atoms with van der Waals surface area (Å²) < 4.78 is 42.6. The Morgan fingerprint density at radius 1 is 1.08 bits per heavy atom. The van der Waals surface area contributed by atoms with Gasteiger partial charge in [-0.15, -0.1) is 0 Å². The maximum Gasteiger partial charge on any atom is 0.416 e. The third-order valence-corrected chi connectivity index (χ3v) is 3.46. The molecule has 1 heterocycles. The quantitative estimate of drug-likeness (QED) is 0.860. The molecule has 0 aliphatic rings. The number of halogens is 3. The molecule has 5 nitrogen and oxygen atoms in total. The summed E-state index contributed by atoms with van der Waals surface area (Å²) >= 11 is 0. The largest absolute Gasteiger partial charge is 0.459 e. The van der Waals surface area contributed by atoms with Gasteiger partial charge in [-0.25, -0.2) is 0 Å². The van der Waals surface area contributed by atoms with E-state index in [2.05, 4.69) is 10.6 Å². The Labute approximate surface area is 142 Å². The molecule has 0 fully saturated rings. The topological polar surface area (TPSA) is 71.3 Å². The molecule has 1 atom stereocenters. The first kappa shape index (κ1) is 18.6. The van der Waals surface area contributed by atoms with Gasteiger partial charge >= 0.3 is 6.18 Å². The van der Waals surface area contributed by atoms with Crippen molar-refractivity contribution in [3.05, 3.63) is 54.0 Å². The van der Waals surface area contributed by atoms with E-state index in [1.54, 1.807) is 19.9 Å². The molecular weight excluding hydrogens is 337 g/mol. The van der Waals surface area contributed by atoms with Crippen LogP contribution in [0.15, 0.2) is 47.1 Å². The van der Waals surface area contributed by atoms with E-state index in [0.717, 1.165) is 24.3 Å². The van der Waals surface area contributed by atoms with Crippen LogP contribution in [-0.4, -0.2) is 17.9 Å². The van der Waals surface area contributed by atoms with Crippen LogP contribution in [0.3, 0.4) is 0 Å². The highest BCUT2D eigenvalue weighted by molar-refractivity contribution is 6.00. The lowest BCUT2D eigenvalue weighted by Gasteiger charge is -2.21. The van der Waals surface area contributed by atoms with E-state index >= 15 is 0 Å². The van der Waals surface area contributed by atoms with E-state index in [9.17, 15) is 22.8 Å². The van der Waals surface area contributed by atoms with Crippen molar-refractivity contribution < 1.29 is 27.2 Å². The van der Waals surface area contributed by atoms with Crippen LogP contribution in [0, 0.1) is 5.92 Å². The minimum absolute atomic E-state index is 0.0629. The molecule has 8 heteroatoms. The Morgan fingerprint density at radius 2 is 1.72 bits per heavy atom. The number of anilines is 1. The number of amides is 2. The Bertz CT molecular complexity index is 723. The summed E-state index contributed by atoms with van der Waals surface area (Å²) in [6.07, 6.45) is -3.11. The first-order valence-electron chi connectivity index (χ1n) is 7.51. The third kappa shape index (κ3) is 4.85. The molecule has 0 saturated carbocycles. The maximum absolute atomic E-state index is 12.6. The molecule has 2 amide bonds. The van der Waals surface area contributed by atoms with Gasteiger partial charge in [0.2, 0.25) is 5.91 Å². The van der Waals surface area contributed by atoms with Crippen molar-refractivity contribution >= 4 is 17.5 Å². The summed E-state index contributed by atoms with van der Waals surface area (Å²) in [5, 5.41) is 5.05. The second-order valence-electron chi connectivity index (χ2n) is 5.74. The number of nitrogens with one attached hydrogen (secondary N) is 2. The Hall–Kier alpha value is -2.77. The number of alkyl halides is 3. The lowest BCUT2D eigenvalue weighted by atomic mass is 10.0. The number of rotatable bonds is 5. The fourth-order valence-corrected chi connectivity index (χ4v) is 2.12. The molecule has 0 radical (unpaired) electrons. The summed E-state index contributed by atoms with van der Waals surface area (Å²) in [6, 6.07) is 6.20. The van der Waals surface area contributed by atoms with Crippen molar-refractivity contribution in [2.24, 2.45) is 5.92 Å². The van der Waals surface area contributed by atoms with E-state index in [4.69, 9.17) is 4.42 Å². The minimum Gasteiger partial charge on any atom is -0.459 e. The second kappa shape index (κ2) is 7.42. The van der Waals surface area contributed by atoms with Crippen LogP contribution in [0.1, 0.15) is 30.0 Å². The van der Waals surface area contributed by atoms with Gasteiger partial charge in [0.25, 0.3) is 5.91 Å². The van der Waals surface area contributed by atoms with Crippen molar-refractivity contribution in [2.45, 2.75) is 26.1 Å². The van der Waals surface area contributed by atoms with Crippen molar-refractivity contribution in [3.8, 4) is 0 Å². The van der Waals surface area contributed by atoms with Crippen LogP contribution in [0.2, 0.25) is 0 Å². The van der Waals surface area contributed by atoms with Crippen LogP contribution in [0.25, 0.3) is 0 Å². The van der Waals surface area contributed by atoms with Crippen molar-refractivity contribution in [2.75, 3.05) is 5.32 Å². The summed E-state index contributed by atoms with van der Waals surface area (Å²) in [5.74, 6) is -1.26. The molecule has 1 unspecified atom stereocenters. The third-order valence-electron chi connectivity index (χ3n) is 3.46. The highest BCUT2D eigenvalue weighted by atomic mass is 19.4. The molecule has 0 aliphatic carbocycles. The van der Waals surface area contributed by atoms with E-state index in [1.165, 1.54) is 12.3 Å². The fourth-order valence-electron chi connectivity index (χ4n) is 2.12. The summed E-state index contributed by atoms with van der Waals surface area (Å²) in [5.41, 5.74) is -0.604. The standard InChI is InChI=1S/C17H17F3N2O3/c1-10(2)14(22-15(23)13-4-3-9-25-13)16(24)21-12-7-5-11(6-8-12)17(18,19)20/h3-10,14H,1-2H3,(H,21,24)(H,22,23). The van der Waals surface area contributed by atoms with Gasteiger partial charge in [0.15, 0.2) is 5.76 Å². The number of carbonyl (C=O) groups excluding carboxylic acids is 2. The monoisotopic (exact) mass is 354 g/mol. The molecule has 0 bridgehead atoms. The number of benzene rings is 1.